The molecule has 0 saturated carbocycles. The van der Waals surface area contributed by atoms with E-state index in [0.29, 0.717) is 0 Å². The number of β-amino-alcohol motifs (C(OH)–C–C–N with tert-alkyl or cyclic N) is 1. The van der Waals surface area contributed by atoms with Crippen molar-refractivity contribution in [2.75, 3.05) is 44.8 Å². The predicted octanol–water partition coefficient (Wildman–Crippen LogP) is -1.07. The van der Waals surface area contributed by atoms with Crippen molar-refractivity contribution in [1.29, 1.82) is 0 Å². The van der Waals surface area contributed by atoms with Crippen molar-refractivity contribution < 1.29 is 5.11 Å². The third-order valence-corrected chi connectivity index (χ3v) is 3.64. The van der Waals surface area contributed by atoms with Gasteiger partial charge in [0.2, 0.25) is 0 Å². The third kappa shape index (κ3) is 3.33. The largest absolute Gasteiger partial charge is 0.395 e. The number of rotatable bonds is 5. The van der Waals surface area contributed by atoms with Crippen LogP contribution in [0, 0.1) is 0 Å². The van der Waals surface area contributed by atoms with Gasteiger partial charge in [-0.25, -0.2) is 5.84 Å². The first-order valence-corrected chi connectivity index (χ1v) is 6.44. The maximum Gasteiger partial charge on any atom is 0.148 e. The fraction of sp³-hybridized carbons (Fsp3) is 0.778. The van der Waals surface area contributed by atoms with Crippen molar-refractivity contribution in [2.24, 2.45) is 5.84 Å². The van der Waals surface area contributed by atoms with Crippen molar-refractivity contribution in [3.8, 4) is 0 Å². The fourth-order valence-corrected chi connectivity index (χ4v) is 2.43. The molecule has 0 atom stereocenters. The Morgan fingerprint density at radius 2 is 2.00 bits per heavy atom. The van der Waals surface area contributed by atoms with Gasteiger partial charge in [-0.15, -0.1) is 5.10 Å². The van der Waals surface area contributed by atoms with Crippen LogP contribution in [0.2, 0.25) is 0 Å². The number of nitrogens with zero attached hydrogens (tertiary/aromatic N) is 4. The fourth-order valence-electron chi connectivity index (χ4n) is 1.95. The van der Waals surface area contributed by atoms with Gasteiger partial charge in [0.25, 0.3) is 0 Å². The first-order valence-electron chi connectivity index (χ1n) is 5.67. The quantitative estimate of drug-likeness (QED) is 0.458. The highest BCUT2D eigenvalue weighted by Gasteiger charge is 2.18. The summed E-state index contributed by atoms with van der Waals surface area (Å²) in [5, 5.41) is 13.8. The first kappa shape index (κ1) is 12.7. The minimum absolute atomic E-state index is 0.233. The van der Waals surface area contributed by atoms with E-state index in [0.717, 1.165) is 50.0 Å². The van der Waals surface area contributed by atoms with Crippen molar-refractivity contribution in [1.82, 2.24) is 19.4 Å². The van der Waals surface area contributed by atoms with Gasteiger partial charge in [-0.2, -0.15) is 0 Å². The maximum atomic E-state index is 8.87. The molecule has 8 heteroatoms. The lowest BCUT2D eigenvalue weighted by Gasteiger charge is -2.33. The summed E-state index contributed by atoms with van der Waals surface area (Å²) in [4.78, 5) is 4.59. The Morgan fingerprint density at radius 3 is 2.65 bits per heavy atom. The van der Waals surface area contributed by atoms with E-state index < -0.39 is 0 Å². The second-order valence-corrected chi connectivity index (χ2v) is 4.79. The summed E-state index contributed by atoms with van der Waals surface area (Å²) in [6.45, 7) is 5.73. The molecule has 96 valence electrons. The summed E-state index contributed by atoms with van der Waals surface area (Å²) < 4.78 is 3.88. The van der Waals surface area contributed by atoms with E-state index >= 15 is 0 Å². The normalized spacial score (nSPS) is 18.5. The van der Waals surface area contributed by atoms with Crippen LogP contribution < -0.4 is 11.3 Å². The van der Waals surface area contributed by atoms with Gasteiger partial charge in [-0.3, -0.25) is 9.80 Å². The second kappa shape index (κ2) is 6.22. The molecule has 17 heavy (non-hydrogen) atoms. The van der Waals surface area contributed by atoms with Crippen LogP contribution in [0.1, 0.15) is 5.69 Å². The van der Waals surface area contributed by atoms with Gasteiger partial charge in [0.1, 0.15) is 10.7 Å². The Hall–Kier alpha value is -0.800. The number of hydrazine groups is 1. The van der Waals surface area contributed by atoms with Crippen LogP contribution in [0.3, 0.4) is 0 Å². The summed E-state index contributed by atoms with van der Waals surface area (Å²) in [6.07, 6.45) is 0. The summed E-state index contributed by atoms with van der Waals surface area (Å²) in [5.41, 5.74) is 3.53. The van der Waals surface area contributed by atoms with Gasteiger partial charge in [-0.05, 0) is 0 Å². The molecule has 1 aromatic heterocycles. The van der Waals surface area contributed by atoms with Gasteiger partial charge in [0, 0.05) is 50.8 Å². The number of hydrogen-bond donors (Lipinski definition) is 3. The molecule has 1 aromatic rings. The van der Waals surface area contributed by atoms with Crippen LogP contribution in [0.4, 0.5) is 5.00 Å². The molecule has 0 aliphatic carbocycles. The van der Waals surface area contributed by atoms with Crippen LogP contribution in [0.5, 0.6) is 0 Å². The molecule has 2 heterocycles. The number of aliphatic hydroxyl groups is 1. The lowest BCUT2D eigenvalue weighted by Crippen LogP contribution is -2.46. The van der Waals surface area contributed by atoms with E-state index in [1.165, 1.54) is 11.5 Å². The molecule has 0 spiro atoms. The highest BCUT2D eigenvalue weighted by Crippen LogP contribution is 2.18. The molecule has 1 saturated heterocycles. The predicted molar refractivity (Wildman–Crippen MR) is 66.5 cm³/mol. The van der Waals surface area contributed by atoms with Crippen LogP contribution >= 0.6 is 11.5 Å². The molecule has 0 amide bonds. The zero-order valence-electron chi connectivity index (χ0n) is 9.67. The van der Waals surface area contributed by atoms with Gasteiger partial charge in [0.05, 0.1) is 6.61 Å². The Morgan fingerprint density at radius 1 is 1.29 bits per heavy atom. The van der Waals surface area contributed by atoms with Crippen LogP contribution in [0.25, 0.3) is 0 Å². The number of anilines is 1. The SMILES string of the molecule is NNc1snnc1CN1CCN(CCO)CC1. The summed E-state index contributed by atoms with van der Waals surface area (Å²) in [5.74, 6) is 5.39. The lowest BCUT2D eigenvalue weighted by molar-refractivity contribution is 0.108. The number of hydrogen-bond acceptors (Lipinski definition) is 8. The smallest absolute Gasteiger partial charge is 0.148 e. The molecular weight excluding hydrogens is 240 g/mol. The molecule has 2 rings (SSSR count). The van der Waals surface area contributed by atoms with Crippen molar-refractivity contribution in [3.05, 3.63) is 5.69 Å². The molecule has 1 fully saturated rings. The molecule has 7 nitrogen and oxygen atoms in total. The molecule has 1 aliphatic heterocycles. The average Bonchev–Trinajstić information content (AvgIpc) is 2.79. The van der Waals surface area contributed by atoms with Gasteiger partial charge < -0.3 is 10.5 Å². The van der Waals surface area contributed by atoms with Crippen molar-refractivity contribution in [3.63, 3.8) is 0 Å². The third-order valence-electron chi connectivity index (χ3n) is 2.94. The van der Waals surface area contributed by atoms with Gasteiger partial charge in [-0.1, -0.05) is 4.49 Å². The number of nitrogen functional groups attached to an aromatic ring is 1. The Balaban J connectivity index is 1.82. The zero-order chi connectivity index (χ0) is 12.1. The molecular formula is C9H18N6OS. The number of nitrogens with one attached hydrogen (secondary N) is 1. The van der Waals surface area contributed by atoms with E-state index in [1.54, 1.807) is 0 Å². The number of nitrogens with two attached hydrogens (primary N) is 1. The summed E-state index contributed by atoms with van der Waals surface area (Å²) >= 11 is 1.28. The van der Waals surface area contributed by atoms with E-state index in [-0.39, 0.29) is 6.61 Å². The maximum absolute atomic E-state index is 8.87. The van der Waals surface area contributed by atoms with E-state index in [9.17, 15) is 0 Å². The number of aromatic nitrogens is 2. The lowest BCUT2D eigenvalue weighted by atomic mass is 10.3. The minimum atomic E-state index is 0.233. The Bertz CT molecular complexity index is 338. The molecule has 0 aromatic carbocycles. The van der Waals surface area contributed by atoms with E-state index in [1.807, 2.05) is 0 Å². The summed E-state index contributed by atoms with van der Waals surface area (Å²) in [6, 6.07) is 0. The van der Waals surface area contributed by atoms with Gasteiger partial charge in [0.15, 0.2) is 0 Å². The van der Waals surface area contributed by atoms with E-state index in [2.05, 4.69) is 24.8 Å². The highest BCUT2D eigenvalue weighted by atomic mass is 32.1. The van der Waals surface area contributed by atoms with Crippen LogP contribution in [0.15, 0.2) is 0 Å². The molecule has 4 N–H and O–H groups in total. The van der Waals surface area contributed by atoms with Crippen LogP contribution in [-0.4, -0.2) is 63.8 Å². The highest BCUT2D eigenvalue weighted by molar-refractivity contribution is 7.10. The van der Waals surface area contributed by atoms with Gasteiger partial charge >= 0.3 is 0 Å². The minimum Gasteiger partial charge on any atom is -0.395 e. The summed E-state index contributed by atoms with van der Waals surface area (Å²) in [7, 11) is 0. The van der Waals surface area contributed by atoms with Crippen molar-refractivity contribution >= 4 is 16.5 Å². The monoisotopic (exact) mass is 258 g/mol. The molecule has 1 aliphatic rings. The van der Waals surface area contributed by atoms with E-state index in [4.69, 9.17) is 10.9 Å². The number of aliphatic hydroxyl groups excluding tert-OH is 1. The average molecular weight is 258 g/mol. The second-order valence-electron chi connectivity index (χ2n) is 4.03. The molecule has 0 bridgehead atoms. The van der Waals surface area contributed by atoms with Crippen molar-refractivity contribution in [2.45, 2.75) is 6.54 Å². The number of piperazine rings is 1. The molecule has 0 radical (unpaired) electrons. The first-order chi connectivity index (χ1) is 8.33. The topological polar surface area (TPSA) is 90.5 Å². The van der Waals surface area contributed by atoms with Crippen LogP contribution in [-0.2, 0) is 6.54 Å². The molecule has 0 unspecified atom stereocenters. The standard InChI is InChI=1S/C9H18N6OS/c10-11-9-8(12-13-17-9)7-15-3-1-14(2-4-15)5-6-16/h11,16H,1-7,10H2. The Labute approximate surface area is 104 Å². The Kier molecular flexibility index (Phi) is 4.63. The zero-order valence-corrected chi connectivity index (χ0v) is 10.5.